The number of fused-ring (bicyclic) bond motifs is 1. The topological polar surface area (TPSA) is 106 Å². The van der Waals surface area contributed by atoms with Crippen molar-refractivity contribution >= 4 is 34.3 Å². The van der Waals surface area contributed by atoms with E-state index in [0.29, 0.717) is 17.2 Å². The number of H-pyrrole nitrogens is 1. The number of ether oxygens (including phenoxy) is 1. The summed E-state index contributed by atoms with van der Waals surface area (Å²) in [6.45, 7) is 2.67. The van der Waals surface area contributed by atoms with E-state index in [2.05, 4.69) is 20.2 Å². The van der Waals surface area contributed by atoms with Crippen molar-refractivity contribution < 1.29 is 14.6 Å². The second kappa shape index (κ2) is 9.05. The average molecular weight is 436 g/mol. The molecule has 0 fully saturated rings. The second-order valence-corrected chi connectivity index (χ2v) is 7.56. The zero-order valence-electron chi connectivity index (χ0n) is 17.1. The van der Waals surface area contributed by atoms with Crippen molar-refractivity contribution in [1.82, 2.24) is 24.7 Å². The maximum atomic E-state index is 12.4. The van der Waals surface area contributed by atoms with Crippen molar-refractivity contribution in [3.63, 3.8) is 0 Å². The predicted molar refractivity (Wildman–Crippen MR) is 120 cm³/mol. The molecule has 2 aromatic heterocycles. The number of carbonyl (C=O) groups is 1. The number of thioether (sulfide) groups is 1. The Morgan fingerprint density at radius 1 is 1.13 bits per heavy atom. The molecule has 158 valence electrons. The molecule has 4 rings (SSSR count). The van der Waals surface area contributed by atoms with Gasteiger partial charge in [-0.25, -0.2) is 9.78 Å². The first-order chi connectivity index (χ1) is 15.1. The van der Waals surface area contributed by atoms with E-state index < -0.39 is 5.97 Å². The molecule has 0 bridgehead atoms. The maximum Gasteiger partial charge on any atom is 0.345 e. The van der Waals surface area contributed by atoms with E-state index in [1.807, 2.05) is 66.1 Å². The highest BCUT2D eigenvalue weighted by atomic mass is 32.2. The first kappa shape index (κ1) is 20.7. The van der Waals surface area contributed by atoms with Crippen LogP contribution >= 0.6 is 11.8 Å². The Hall–Kier alpha value is -3.59. The molecule has 9 heteroatoms. The largest absolute Gasteiger partial charge is 0.510 e. The summed E-state index contributed by atoms with van der Waals surface area (Å²) in [6, 6.07) is 17.2. The lowest BCUT2D eigenvalue weighted by molar-refractivity contribution is -0.133. The molecule has 0 aliphatic carbocycles. The molecule has 2 heterocycles. The number of aliphatic hydroxyl groups is 1. The number of hydrogen-bond donors (Lipinski definition) is 2. The smallest absolute Gasteiger partial charge is 0.345 e. The number of rotatable bonds is 7. The molecule has 0 atom stereocenters. The molecule has 4 aromatic rings. The number of carbonyl (C=O) groups excluding carboxylic acids is 1. The van der Waals surface area contributed by atoms with Crippen LogP contribution in [0.3, 0.4) is 0 Å². The van der Waals surface area contributed by atoms with E-state index in [1.54, 1.807) is 0 Å². The third kappa shape index (κ3) is 4.17. The minimum Gasteiger partial charge on any atom is -0.510 e. The Bertz CT molecular complexity index is 1210. The van der Waals surface area contributed by atoms with E-state index in [1.165, 1.54) is 18.9 Å². The van der Waals surface area contributed by atoms with E-state index >= 15 is 0 Å². The fourth-order valence-electron chi connectivity index (χ4n) is 3.21. The van der Waals surface area contributed by atoms with Crippen LogP contribution in [0, 0.1) is 0 Å². The molecule has 0 aliphatic rings. The van der Waals surface area contributed by atoms with Gasteiger partial charge in [0.05, 0.1) is 23.9 Å². The number of esters is 1. The number of nitrogens with one attached hydrogen (secondary N) is 1. The van der Waals surface area contributed by atoms with Crippen LogP contribution in [0.5, 0.6) is 0 Å². The number of hydrogen-bond acceptors (Lipinski definition) is 7. The van der Waals surface area contributed by atoms with Crippen molar-refractivity contribution in [3.8, 4) is 11.4 Å². The molecule has 0 radical (unpaired) electrons. The van der Waals surface area contributed by atoms with Gasteiger partial charge in [0.15, 0.2) is 11.0 Å². The molecule has 2 N–H and O–H groups in total. The lowest BCUT2D eigenvalue weighted by atomic mass is 10.2. The van der Waals surface area contributed by atoms with Crippen molar-refractivity contribution in [2.24, 2.45) is 0 Å². The molecule has 0 aliphatic heterocycles. The highest BCUT2D eigenvalue weighted by Gasteiger charge is 2.23. The van der Waals surface area contributed by atoms with E-state index in [4.69, 9.17) is 4.74 Å². The minimum atomic E-state index is -0.668. The van der Waals surface area contributed by atoms with Crippen LogP contribution in [0.1, 0.15) is 12.7 Å². The number of aromatic amines is 1. The van der Waals surface area contributed by atoms with Crippen LogP contribution in [0.15, 0.2) is 65.5 Å². The lowest BCUT2D eigenvalue weighted by Crippen LogP contribution is -2.10. The van der Waals surface area contributed by atoms with Crippen molar-refractivity contribution in [2.45, 2.75) is 18.6 Å². The molecule has 8 nitrogen and oxygen atoms in total. The van der Waals surface area contributed by atoms with Gasteiger partial charge in [-0.2, -0.15) is 0 Å². The number of nitrogens with zero attached hydrogens (tertiary/aromatic N) is 4. The highest BCUT2D eigenvalue weighted by Crippen LogP contribution is 2.27. The zero-order chi connectivity index (χ0) is 21.8. The van der Waals surface area contributed by atoms with Gasteiger partial charge in [-0.05, 0) is 19.1 Å². The van der Waals surface area contributed by atoms with Crippen LogP contribution in [0.25, 0.3) is 28.0 Å². The fourth-order valence-corrected chi connectivity index (χ4v) is 4.09. The summed E-state index contributed by atoms with van der Waals surface area (Å²) in [5.41, 5.74) is 2.41. The number of benzene rings is 2. The Morgan fingerprint density at radius 3 is 2.58 bits per heavy atom. The number of aromatic nitrogens is 5. The quantitative estimate of drug-likeness (QED) is 0.195. The van der Waals surface area contributed by atoms with Gasteiger partial charge in [-0.15, -0.1) is 10.2 Å². The normalized spacial score (nSPS) is 12.1. The molecular formula is C22H21N5O3S. The van der Waals surface area contributed by atoms with Crippen LogP contribution < -0.4 is 0 Å². The number of imidazole rings is 1. The minimum absolute atomic E-state index is 0.00273. The van der Waals surface area contributed by atoms with E-state index in [-0.39, 0.29) is 22.9 Å². The Labute approximate surface area is 183 Å². The molecule has 0 spiro atoms. The molecule has 0 saturated carbocycles. The highest BCUT2D eigenvalue weighted by molar-refractivity contribution is 7.99. The van der Waals surface area contributed by atoms with Crippen molar-refractivity contribution in [3.05, 3.63) is 66.2 Å². The molecule has 0 saturated heterocycles. The summed E-state index contributed by atoms with van der Waals surface area (Å²) in [5, 5.41) is 20.0. The van der Waals surface area contributed by atoms with Gasteiger partial charge in [0.2, 0.25) is 0 Å². The monoisotopic (exact) mass is 435 g/mol. The van der Waals surface area contributed by atoms with Gasteiger partial charge in [0, 0.05) is 12.1 Å². The van der Waals surface area contributed by atoms with E-state index in [9.17, 15) is 9.90 Å². The van der Waals surface area contributed by atoms with Gasteiger partial charge >= 0.3 is 5.97 Å². The van der Waals surface area contributed by atoms with Crippen LogP contribution in [0.2, 0.25) is 0 Å². The van der Waals surface area contributed by atoms with Gasteiger partial charge < -0.3 is 19.4 Å². The summed E-state index contributed by atoms with van der Waals surface area (Å²) in [4.78, 5) is 19.9. The summed E-state index contributed by atoms with van der Waals surface area (Å²) in [6.07, 6.45) is 0. The third-order valence-corrected chi connectivity index (χ3v) is 5.69. The Morgan fingerprint density at radius 2 is 1.87 bits per heavy atom. The Kier molecular flexibility index (Phi) is 6.03. The summed E-state index contributed by atoms with van der Waals surface area (Å²) >= 11 is 1.29. The number of aliphatic hydroxyl groups excluding tert-OH is 1. The predicted octanol–water partition coefficient (Wildman–Crippen LogP) is 4.08. The average Bonchev–Trinajstić information content (AvgIpc) is 3.41. The first-order valence-electron chi connectivity index (χ1n) is 9.69. The van der Waals surface area contributed by atoms with Crippen molar-refractivity contribution in [2.75, 3.05) is 12.9 Å². The van der Waals surface area contributed by atoms with Gasteiger partial charge in [-0.3, -0.25) is 0 Å². The first-order valence-corrected chi connectivity index (χ1v) is 10.7. The number of para-hydroxylation sites is 2. The molecule has 31 heavy (non-hydrogen) atoms. The lowest BCUT2D eigenvalue weighted by Gasteiger charge is -2.09. The van der Waals surface area contributed by atoms with Gasteiger partial charge in [0.1, 0.15) is 17.2 Å². The maximum absolute atomic E-state index is 12.4. The molecule has 2 aromatic carbocycles. The van der Waals surface area contributed by atoms with Crippen LogP contribution in [-0.2, 0) is 16.1 Å². The molecule has 0 amide bonds. The fraction of sp³-hybridized carbons (Fsp3) is 0.182. The summed E-state index contributed by atoms with van der Waals surface area (Å²) < 4.78 is 6.85. The Balaban J connectivity index is 1.64. The molecule has 0 unspecified atom stereocenters. The van der Waals surface area contributed by atoms with Gasteiger partial charge in [-0.1, -0.05) is 54.2 Å². The van der Waals surface area contributed by atoms with Crippen LogP contribution in [0.4, 0.5) is 0 Å². The van der Waals surface area contributed by atoms with Crippen LogP contribution in [-0.4, -0.2) is 48.7 Å². The summed E-state index contributed by atoms with van der Waals surface area (Å²) in [7, 11) is 1.27. The van der Waals surface area contributed by atoms with Crippen molar-refractivity contribution in [1.29, 1.82) is 0 Å². The standard InChI is InChI=1S/C22H21N5O3S/c1-3-27-20(14-9-5-4-6-10-14)25-26-22(27)31-13-17(28)18(21(29)30-2)19-23-15-11-7-8-12-16(15)24-19/h4-12,28H,3,13H2,1-2H3,(H,23,24)/b18-17+. The summed E-state index contributed by atoms with van der Waals surface area (Å²) in [5.74, 6) is 0.295. The van der Waals surface area contributed by atoms with E-state index in [0.717, 1.165) is 16.9 Å². The zero-order valence-corrected chi connectivity index (χ0v) is 17.9. The SMILES string of the molecule is CCn1c(SC/C(O)=C(\C(=O)OC)c2nc3ccccc3[nH]2)nnc1-c1ccccc1. The second-order valence-electron chi connectivity index (χ2n) is 6.62. The molecular weight excluding hydrogens is 414 g/mol. The van der Waals surface area contributed by atoms with Gasteiger partial charge in [0.25, 0.3) is 0 Å². The third-order valence-electron chi connectivity index (χ3n) is 4.71. The number of methoxy groups -OCH3 is 1.